The van der Waals surface area contributed by atoms with Crippen molar-refractivity contribution in [2.45, 2.75) is 0 Å². The zero-order chi connectivity index (χ0) is 17.5. The molecule has 0 radical (unpaired) electrons. The van der Waals surface area contributed by atoms with Gasteiger partial charge in [0.15, 0.2) is 17.1 Å². The summed E-state index contributed by atoms with van der Waals surface area (Å²) in [6.07, 6.45) is 5.34. The number of anilines is 2. The Morgan fingerprint density at radius 1 is 1.12 bits per heavy atom. The summed E-state index contributed by atoms with van der Waals surface area (Å²) in [5.41, 5.74) is 2.47. The number of hydrogen-bond acceptors (Lipinski definition) is 6. The highest BCUT2D eigenvalue weighted by atomic mass is 35.5. The van der Waals surface area contributed by atoms with Gasteiger partial charge in [-0.3, -0.25) is 9.38 Å². The van der Waals surface area contributed by atoms with E-state index >= 15 is 0 Å². The summed E-state index contributed by atoms with van der Waals surface area (Å²) in [5, 5.41) is 3.45. The number of nitrogens with one attached hydrogen (secondary N) is 1. The third kappa shape index (κ3) is 2.65. The summed E-state index contributed by atoms with van der Waals surface area (Å²) in [7, 11) is 0. The number of thiophene rings is 1. The van der Waals surface area contributed by atoms with E-state index in [1.54, 1.807) is 12.4 Å². The van der Waals surface area contributed by atoms with Gasteiger partial charge in [-0.25, -0.2) is 4.98 Å². The molecule has 0 bridgehead atoms. The molecule has 1 aromatic carbocycles. The molecular weight excluding hydrogens is 372 g/mol. The topological polar surface area (TPSA) is 60.7 Å². The third-order valence-corrected chi connectivity index (χ3v) is 5.28. The Morgan fingerprint density at radius 2 is 2.00 bits per heavy atom. The molecule has 0 saturated carbocycles. The van der Waals surface area contributed by atoms with Crippen molar-refractivity contribution in [1.82, 2.24) is 14.4 Å². The molecule has 26 heavy (non-hydrogen) atoms. The Hall–Kier alpha value is -2.77. The van der Waals surface area contributed by atoms with E-state index in [-0.39, 0.29) is 0 Å². The second kappa shape index (κ2) is 6.19. The molecule has 5 rings (SSSR count). The van der Waals surface area contributed by atoms with Crippen molar-refractivity contribution in [2.75, 3.05) is 18.5 Å². The SMILES string of the molecule is Clc1ccc(-c2nc3cnccn3c2Nc2ccc3c(c2)OCCO3)s1. The second-order valence-electron chi connectivity index (χ2n) is 5.70. The molecule has 1 aliphatic heterocycles. The van der Waals surface area contributed by atoms with Crippen LogP contribution in [0.3, 0.4) is 0 Å². The van der Waals surface area contributed by atoms with Gasteiger partial charge in [0.25, 0.3) is 0 Å². The van der Waals surface area contributed by atoms with E-state index in [0.717, 1.165) is 43.6 Å². The van der Waals surface area contributed by atoms with E-state index in [9.17, 15) is 0 Å². The zero-order valence-electron chi connectivity index (χ0n) is 13.5. The summed E-state index contributed by atoms with van der Waals surface area (Å²) in [5.74, 6) is 2.34. The molecule has 0 saturated heterocycles. The van der Waals surface area contributed by atoms with Crippen LogP contribution in [0.25, 0.3) is 16.2 Å². The van der Waals surface area contributed by atoms with Crippen molar-refractivity contribution >= 4 is 40.1 Å². The van der Waals surface area contributed by atoms with Crippen molar-refractivity contribution in [1.29, 1.82) is 0 Å². The Labute approximate surface area is 158 Å². The Balaban J connectivity index is 1.61. The molecule has 0 aliphatic carbocycles. The smallest absolute Gasteiger partial charge is 0.163 e. The van der Waals surface area contributed by atoms with E-state index in [0.29, 0.717) is 13.2 Å². The van der Waals surface area contributed by atoms with Gasteiger partial charge in [-0.15, -0.1) is 11.3 Å². The minimum Gasteiger partial charge on any atom is -0.486 e. The highest BCUT2D eigenvalue weighted by Crippen LogP contribution is 2.38. The summed E-state index contributed by atoms with van der Waals surface area (Å²) in [6, 6.07) is 9.64. The molecule has 0 unspecified atom stereocenters. The van der Waals surface area contributed by atoms with Gasteiger partial charge in [0.05, 0.1) is 15.4 Å². The predicted molar refractivity (Wildman–Crippen MR) is 102 cm³/mol. The standard InChI is InChI=1S/C18H13ClN4O2S/c19-15-4-3-14(26-15)17-18(23-6-5-20-10-16(23)22-17)21-11-1-2-12-13(9-11)25-8-7-24-12/h1-6,9-10,21H,7-8H2. The van der Waals surface area contributed by atoms with Crippen molar-refractivity contribution in [3.8, 4) is 22.1 Å². The van der Waals surface area contributed by atoms with E-state index in [1.807, 2.05) is 40.9 Å². The molecule has 0 amide bonds. The van der Waals surface area contributed by atoms with Crippen LogP contribution in [-0.4, -0.2) is 27.6 Å². The van der Waals surface area contributed by atoms with Crippen molar-refractivity contribution in [3.63, 3.8) is 0 Å². The summed E-state index contributed by atoms with van der Waals surface area (Å²) in [6.45, 7) is 1.13. The first-order valence-electron chi connectivity index (χ1n) is 8.02. The van der Waals surface area contributed by atoms with Crippen LogP contribution in [0.15, 0.2) is 48.9 Å². The highest BCUT2D eigenvalue weighted by Gasteiger charge is 2.18. The number of ether oxygens (including phenoxy) is 2. The summed E-state index contributed by atoms with van der Waals surface area (Å²) < 4.78 is 14.0. The highest BCUT2D eigenvalue weighted by molar-refractivity contribution is 7.19. The van der Waals surface area contributed by atoms with Gasteiger partial charge in [0.2, 0.25) is 0 Å². The van der Waals surface area contributed by atoms with Crippen LogP contribution in [0.5, 0.6) is 11.5 Å². The monoisotopic (exact) mass is 384 g/mol. The van der Waals surface area contributed by atoms with Gasteiger partial charge < -0.3 is 14.8 Å². The molecule has 6 nitrogen and oxygen atoms in total. The maximum Gasteiger partial charge on any atom is 0.163 e. The number of halogens is 1. The lowest BCUT2D eigenvalue weighted by atomic mass is 10.2. The third-order valence-electron chi connectivity index (χ3n) is 4.04. The Morgan fingerprint density at radius 3 is 2.85 bits per heavy atom. The molecule has 0 spiro atoms. The fraction of sp³-hybridized carbons (Fsp3) is 0.111. The number of fused-ring (bicyclic) bond motifs is 2. The lowest BCUT2D eigenvalue weighted by Crippen LogP contribution is -2.15. The van der Waals surface area contributed by atoms with Gasteiger partial charge in [-0.05, 0) is 24.3 Å². The largest absolute Gasteiger partial charge is 0.486 e. The van der Waals surface area contributed by atoms with Crippen LogP contribution in [0.2, 0.25) is 4.34 Å². The number of hydrogen-bond donors (Lipinski definition) is 1. The number of imidazole rings is 1. The van der Waals surface area contributed by atoms with Crippen LogP contribution in [0.1, 0.15) is 0 Å². The fourth-order valence-electron chi connectivity index (χ4n) is 2.90. The molecule has 1 aliphatic rings. The van der Waals surface area contributed by atoms with Crippen molar-refractivity contribution in [3.05, 3.63) is 53.3 Å². The van der Waals surface area contributed by atoms with Crippen LogP contribution in [0, 0.1) is 0 Å². The van der Waals surface area contributed by atoms with Gasteiger partial charge in [0.1, 0.15) is 24.7 Å². The van der Waals surface area contributed by atoms with Crippen molar-refractivity contribution < 1.29 is 9.47 Å². The van der Waals surface area contributed by atoms with Crippen LogP contribution in [-0.2, 0) is 0 Å². The van der Waals surface area contributed by atoms with E-state index in [2.05, 4.69) is 10.3 Å². The normalized spacial score (nSPS) is 13.1. The predicted octanol–water partition coefficient (Wildman–Crippen LogP) is 4.63. The van der Waals surface area contributed by atoms with E-state index in [4.69, 9.17) is 26.1 Å². The van der Waals surface area contributed by atoms with E-state index < -0.39 is 0 Å². The molecule has 4 aromatic rings. The summed E-state index contributed by atoms with van der Waals surface area (Å²) >= 11 is 7.61. The second-order valence-corrected chi connectivity index (χ2v) is 7.42. The van der Waals surface area contributed by atoms with Crippen LogP contribution in [0.4, 0.5) is 11.5 Å². The molecular formula is C18H13ClN4O2S. The Bertz CT molecular complexity index is 1110. The molecule has 8 heteroatoms. The van der Waals surface area contributed by atoms with Crippen LogP contribution >= 0.6 is 22.9 Å². The molecule has 130 valence electrons. The minimum absolute atomic E-state index is 0.552. The van der Waals surface area contributed by atoms with Crippen molar-refractivity contribution in [2.24, 2.45) is 0 Å². The molecule has 3 aromatic heterocycles. The lowest BCUT2D eigenvalue weighted by molar-refractivity contribution is 0.171. The van der Waals surface area contributed by atoms with Crippen LogP contribution < -0.4 is 14.8 Å². The number of nitrogens with zero attached hydrogens (tertiary/aromatic N) is 3. The maximum absolute atomic E-state index is 6.12. The average molecular weight is 385 g/mol. The first-order chi connectivity index (χ1) is 12.8. The number of benzene rings is 1. The minimum atomic E-state index is 0.552. The molecule has 0 atom stereocenters. The molecule has 4 heterocycles. The number of rotatable bonds is 3. The number of aromatic nitrogens is 3. The van der Waals surface area contributed by atoms with Gasteiger partial charge in [0, 0.05) is 24.1 Å². The van der Waals surface area contributed by atoms with Gasteiger partial charge in [-0.2, -0.15) is 0 Å². The average Bonchev–Trinajstić information content (AvgIpc) is 3.26. The van der Waals surface area contributed by atoms with Gasteiger partial charge >= 0.3 is 0 Å². The fourth-order valence-corrected chi connectivity index (χ4v) is 3.93. The zero-order valence-corrected chi connectivity index (χ0v) is 15.0. The van der Waals surface area contributed by atoms with Gasteiger partial charge in [-0.1, -0.05) is 11.6 Å². The first kappa shape index (κ1) is 15.5. The first-order valence-corrected chi connectivity index (χ1v) is 9.22. The molecule has 0 fully saturated rings. The summed E-state index contributed by atoms with van der Waals surface area (Å²) in [4.78, 5) is 9.86. The maximum atomic E-state index is 6.12. The quantitative estimate of drug-likeness (QED) is 0.558. The molecule has 1 N–H and O–H groups in total. The lowest BCUT2D eigenvalue weighted by Gasteiger charge is -2.19. The van der Waals surface area contributed by atoms with E-state index in [1.165, 1.54) is 11.3 Å². The Kier molecular flexibility index (Phi) is 3.69.